The summed E-state index contributed by atoms with van der Waals surface area (Å²) in [7, 11) is 0. The molecule has 0 unspecified atom stereocenters. The molecule has 0 amide bonds. The van der Waals surface area contributed by atoms with Crippen LogP contribution in [0.1, 0.15) is 22.8 Å². The second-order valence-corrected chi connectivity index (χ2v) is 4.29. The van der Waals surface area contributed by atoms with Crippen molar-refractivity contribution in [1.82, 2.24) is 0 Å². The van der Waals surface area contributed by atoms with Crippen LogP contribution in [0.2, 0.25) is 0 Å². The van der Waals surface area contributed by atoms with Gasteiger partial charge in [0.2, 0.25) is 0 Å². The molecule has 0 saturated heterocycles. The number of halogens is 2. The van der Waals surface area contributed by atoms with Crippen molar-refractivity contribution < 1.29 is 18.7 Å². The Bertz CT molecular complexity index is 715. The highest BCUT2D eigenvalue weighted by Gasteiger charge is 2.09. The van der Waals surface area contributed by atoms with E-state index in [1.807, 2.05) is 0 Å². The Hall–Kier alpha value is -2.76. The fourth-order valence-electron chi connectivity index (χ4n) is 1.70. The Balaban J connectivity index is 2.24. The summed E-state index contributed by atoms with van der Waals surface area (Å²) < 4.78 is 26.0. The second-order valence-electron chi connectivity index (χ2n) is 4.29. The van der Waals surface area contributed by atoms with Gasteiger partial charge in [-0.25, -0.2) is 13.6 Å². The number of carbonyl (C=O) groups is 1. The monoisotopic (exact) mass is 290 g/mol. The zero-order valence-corrected chi connectivity index (χ0v) is 11.1. The molecule has 0 aromatic heterocycles. The number of carboxylic acids is 1. The van der Waals surface area contributed by atoms with Crippen LogP contribution < -0.4 is 5.43 Å². The predicted molar refractivity (Wildman–Crippen MR) is 75.6 cm³/mol. The number of nitrogens with one attached hydrogen (secondary N) is 1. The van der Waals surface area contributed by atoms with Gasteiger partial charge in [-0.1, -0.05) is 12.1 Å². The van der Waals surface area contributed by atoms with Crippen molar-refractivity contribution in [3.63, 3.8) is 0 Å². The number of benzene rings is 2. The fourth-order valence-corrected chi connectivity index (χ4v) is 1.70. The first-order valence-corrected chi connectivity index (χ1v) is 6.07. The van der Waals surface area contributed by atoms with Gasteiger partial charge >= 0.3 is 5.97 Å². The molecule has 0 heterocycles. The van der Waals surface area contributed by atoms with Gasteiger partial charge in [-0.15, -0.1) is 0 Å². The van der Waals surface area contributed by atoms with Crippen molar-refractivity contribution in [3.8, 4) is 0 Å². The maximum absolute atomic E-state index is 13.1. The van der Waals surface area contributed by atoms with Crippen molar-refractivity contribution in [2.45, 2.75) is 6.92 Å². The van der Waals surface area contributed by atoms with E-state index in [4.69, 9.17) is 5.11 Å². The first-order valence-electron chi connectivity index (χ1n) is 6.07. The van der Waals surface area contributed by atoms with Crippen LogP contribution in [0.4, 0.5) is 14.5 Å². The number of anilines is 1. The van der Waals surface area contributed by atoms with E-state index >= 15 is 0 Å². The summed E-state index contributed by atoms with van der Waals surface area (Å²) in [6.07, 6.45) is 0. The Kier molecular flexibility index (Phi) is 4.27. The molecule has 2 aromatic rings. The lowest BCUT2D eigenvalue weighted by Gasteiger charge is -2.06. The predicted octanol–water partition coefficient (Wildman–Crippen LogP) is 3.50. The van der Waals surface area contributed by atoms with Crippen LogP contribution in [-0.2, 0) is 0 Å². The third-order valence-corrected chi connectivity index (χ3v) is 2.84. The van der Waals surface area contributed by atoms with E-state index in [1.54, 1.807) is 25.1 Å². The van der Waals surface area contributed by atoms with Gasteiger partial charge in [0.1, 0.15) is 0 Å². The highest BCUT2D eigenvalue weighted by atomic mass is 19.2. The van der Waals surface area contributed by atoms with Crippen LogP contribution in [0.15, 0.2) is 47.6 Å². The van der Waals surface area contributed by atoms with E-state index in [9.17, 15) is 13.6 Å². The van der Waals surface area contributed by atoms with E-state index in [0.29, 0.717) is 17.0 Å². The summed E-state index contributed by atoms with van der Waals surface area (Å²) in [6, 6.07) is 9.69. The number of rotatable bonds is 4. The number of nitrogens with zero attached hydrogens (tertiary/aromatic N) is 1. The lowest BCUT2D eigenvalue weighted by molar-refractivity contribution is 0.0698. The molecule has 6 heteroatoms. The maximum atomic E-state index is 13.1. The minimum atomic E-state index is -1.08. The molecule has 0 fully saturated rings. The molecule has 0 bridgehead atoms. The smallest absolute Gasteiger partial charge is 0.337 e. The molecule has 0 atom stereocenters. The average Bonchev–Trinajstić information content (AvgIpc) is 2.47. The Morgan fingerprint density at radius 2 is 1.86 bits per heavy atom. The molecule has 2 N–H and O–H groups in total. The summed E-state index contributed by atoms with van der Waals surface area (Å²) in [5.41, 5.74) is 3.79. The fraction of sp³-hybridized carbons (Fsp3) is 0.0667. The minimum Gasteiger partial charge on any atom is -0.478 e. The number of para-hydroxylation sites is 1. The second kappa shape index (κ2) is 6.13. The molecule has 0 saturated carbocycles. The normalized spacial score (nSPS) is 11.3. The molecule has 0 aliphatic heterocycles. The summed E-state index contributed by atoms with van der Waals surface area (Å²) in [4.78, 5) is 11.0. The summed E-state index contributed by atoms with van der Waals surface area (Å²) in [5.74, 6) is -2.98. The molecule has 0 aliphatic carbocycles. The summed E-state index contributed by atoms with van der Waals surface area (Å²) in [5, 5.41) is 13.0. The van der Waals surface area contributed by atoms with Gasteiger partial charge in [0.25, 0.3) is 0 Å². The zero-order chi connectivity index (χ0) is 15.4. The zero-order valence-electron chi connectivity index (χ0n) is 11.1. The Morgan fingerprint density at radius 3 is 2.52 bits per heavy atom. The topological polar surface area (TPSA) is 61.7 Å². The molecule has 2 rings (SSSR count). The van der Waals surface area contributed by atoms with Gasteiger partial charge in [-0.05, 0) is 37.3 Å². The van der Waals surface area contributed by atoms with Gasteiger partial charge in [0, 0.05) is 5.56 Å². The molecular weight excluding hydrogens is 278 g/mol. The largest absolute Gasteiger partial charge is 0.478 e. The SMILES string of the molecule is C/C(=N/Nc1ccccc1C(=O)O)c1ccc(F)c(F)c1. The van der Waals surface area contributed by atoms with Gasteiger partial charge in [0.05, 0.1) is 17.0 Å². The highest BCUT2D eigenvalue weighted by Crippen LogP contribution is 2.15. The number of hydrogen-bond donors (Lipinski definition) is 2. The third-order valence-electron chi connectivity index (χ3n) is 2.84. The van der Waals surface area contributed by atoms with Gasteiger partial charge in [0.15, 0.2) is 11.6 Å². The minimum absolute atomic E-state index is 0.0688. The summed E-state index contributed by atoms with van der Waals surface area (Å²) >= 11 is 0. The molecule has 0 spiro atoms. The maximum Gasteiger partial charge on any atom is 0.337 e. The number of aromatic carboxylic acids is 1. The molecule has 108 valence electrons. The highest BCUT2D eigenvalue weighted by molar-refractivity contribution is 5.99. The summed E-state index contributed by atoms with van der Waals surface area (Å²) in [6.45, 7) is 1.60. The number of hydrazone groups is 1. The average molecular weight is 290 g/mol. The van der Waals surface area contributed by atoms with Crippen molar-refractivity contribution in [2.24, 2.45) is 5.10 Å². The Labute approximate surface area is 119 Å². The number of hydrogen-bond acceptors (Lipinski definition) is 3. The number of carboxylic acid groups (broad SMARTS) is 1. The van der Waals surface area contributed by atoms with Crippen LogP contribution in [0, 0.1) is 11.6 Å². The van der Waals surface area contributed by atoms with E-state index in [2.05, 4.69) is 10.5 Å². The van der Waals surface area contributed by atoms with Crippen LogP contribution in [-0.4, -0.2) is 16.8 Å². The van der Waals surface area contributed by atoms with Gasteiger partial charge < -0.3 is 5.11 Å². The van der Waals surface area contributed by atoms with E-state index in [-0.39, 0.29) is 5.56 Å². The van der Waals surface area contributed by atoms with Gasteiger partial charge in [-0.3, -0.25) is 5.43 Å². The first kappa shape index (κ1) is 14.6. The van der Waals surface area contributed by atoms with Gasteiger partial charge in [-0.2, -0.15) is 5.10 Å². The van der Waals surface area contributed by atoms with Crippen LogP contribution in [0.25, 0.3) is 0 Å². The van der Waals surface area contributed by atoms with E-state index in [1.165, 1.54) is 12.1 Å². The molecule has 0 radical (unpaired) electrons. The molecule has 0 aliphatic rings. The quantitative estimate of drug-likeness (QED) is 0.669. The lowest BCUT2D eigenvalue weighted by Crippen LogP contribution is -2.05. The van der Waals surface area contributed by atoms with Crippen LogP contribution in [0.5, 0.6) is 0 Å². The first-order chi connectivity index (χ1) is 9.99. The van der Waals surface area contributed by atoms with E-state index in [0.717, 1.165) is 12.1 Å². The Morgan fingerprint density at radius 1 is 1.14 bits per heavy atom. The molecule has 21 heavy (non-hydrogen) atoms. The van der Waals surface area contributed by atoms with Crippen molar-refractivity contribution >= 4 is 17.4 Å². The molecule has 4 nitrogen and oxygen atoms in total. The van der Waals surface area contributed by atoms with Crippen molar-refractivity contribution in [3.05, 3.63) is 65.2 Å². The van der Waals surface area contributed by atoms with Crippen LogP contribution in [0.3, 0.4) is 0 Å². The van der Waals surface area contributed by atoms with Crippen LogP contribution >= 0.6 is 0 Å². The standard InChI is InChI=1S/C15H12F2N2O2/c1-9(10-6-7-12(16)13(17)8-10)18-19-14-5-3-2-4-11(14)15(20)21/h2-8,19H,1H3,(H,20,21)/b18-9-. The van der Waals surface area contributed by atoms with E-state index < -0.39 is 17.6 Å². The van der Waals surface area contributed by atoms with Crippen molar-refractivity contribution in [1.29, 1.82) is 0 Å². The third kappa shape index (κ3) is 3.42. The molecule has 2 aromatic carbocycles. The lowest BCUT2D eigenvalue weighted by atomic mass is 10.1. The van der Waals surface area contributed by atoms with Crippen molar-refractivity contribution in [2.75, 3.05) is 5.43 Å². The molecular formula is C15H12F2N2O2.